The molecule has 0 bridgehead atoms. The molecule has 0 saturated heterocycles. The smallest absolute Gasteiger partial charge is 0.416 e. The van der Waals surface area contributed by atoms with Gasteiger partial charge in [0.2, 0.25) is 5.88 Å². The minimum Gasteiger partial charge on any atom is -0.476 e. The number of rotatable bonds is 3. The lowest BCUT2D eigenvalue weighted by atomic mass is 10.2. The van der Waals surface area contributed by atoms with Crippen molar-refractivity contribution in [2.75, 3.05) is 11.3 Å². The van der Waals surface area contributed by atoms with Gasteiger partial charge in [0.1, 0.15) is 5.69 Å². The fourth-order valence-corrected chi connectivity index (χ4v) is 2.60. The van der Waals surface area contributed by atoms with E-state index in [0.717, 1.165) is 30.8 Å². The number of ether oxygens (including phenoxy) is 1. The van der Waals surface area contributed by atoms with E-state index in [1.165, 1.54) is 24.1 Å². The van der Waals surface area contributed by atoms with Crippen molar-refractivity contribution in [2.45, 2.75) is 37.9 Å². The topological polar surface area (TPSA) is 39.1 Å². The van der Waals surface area contributed by atoms with Crippen molar-refractivity contribution in [3.8, 4) is 5.88 Å². The summed E-state index contributed by atoms with van der Waals surface area (Å²) in [5.41, 5.74) is 0.0673. The van der Waals surface area contributed by atoms with Crippen molar-refractivity contribution in [1.82, 2.24) is 9.78 Å². The maximum absolute atomic E-state index is 12.5. The van der Waals surface area contributed by atoms with Gasteiger partial charge in [0.05, 0.1) is 18.4 Å². The van der Waals surface area contributed by atoms with Crippen LogP contribution in [0.4, 0.5) is 18.9 Å². The molecule has 0 fully saturated rings. The van der Waals surface area contributed by atoms with Gasteiger partial charge in [0, 0.05) is 17.9 Å². The average Bonchev–Trinajstić information content (AvgIpc) is 2.98. The van der Waals surface area contributed by atoms with Gasteiger partial charge in [-0.25, -0.2) is 4.68 Å². The molecule has 126 valence electrons. The summed E-state index contributed by atoms with van der Waals surface area (Å²) in [6, 6.07) is 4.98. The summed E-state index contributed by atoms with van der Waals surface area (Å²) < 4.78 is 47.7. The van der Waals surface area contributed by atoms with Crippen LogP contribution in [-0.4, -0.2) is 16.4 Å². The van der Waals surface area contributed by atoms with Crippen molar-refractivity contribution in [3.05, 3.63) is 36.0 Å². The van der Waals surface area contributed by atoms with E-state index in [9.17, 15) is 13.2 Å². The van der Waals surface area contributed by atoms with E-state index < -0.39 is 11.7 Å². The van der Waals surface area contributed by atoms with Crippen molar-refractivity contribution in [3.63, 3.8) is 0 Å². The molecule has 1 aliphatic rings. The van der Waals surface area contributed by atoms with Crippen LogP contribution in [0, 0.1) is 0 Å². The lowest BCUT2D eigenvalue weighted by molar-refractivity contribution is -0.137. The summed E-state index contributed by atoms with van der Waals surface area (Å²) in [5, 5.41) is 4.18. The molecule has 0 saturated carbocycles. The highest BCUT2D eigenvalue weighted by molar-refractivity contribution is 8.00. The van der Waals surface area contributed by atoms with Crippen molar-refractivity contribution in [2.24, 2.45) is 0 Å². The Hall–Kier alpha value is -1.83. The molecule has 1 aliphatic heterocycles. The molecule has 2 heterocycles. The predicted octanol–water partition coefficient (Wildman–Crippen LogP) is 4.83. The van der Waals surface area contributed by atoms with Crippen LogP contribution in [0.3, 0.4) is 0 Å². The molecule has 2 aromatic rings. The summed E-state index contributed by atoms with van der Waals surface area (Å²) in [7, 11) is 0. The van der Waals surface area contributed by atoms with Crippen LogP contribution >= 0.6 is 11.9 Å². The SMILES string of the molecule is CC.FC(F)(F)c1ccc(SNc2cnn3c2OCCC3)cc1. The standard InChI is InChI=1S/C13H12F3N3OS.C2H6/c14-13(15,16)9-2-4-10(5-3-9)21-18-11-8-17-19-6-1-7-20-12(11)19;1-2/h2-5,8,18H,1,6-7H2;1-2H3. The van der Waals surface area contributed by atoms with Crippen LogP contribution in [0.2, 0.25) is 0 Å². The molecule has 0 spiro atoms. The van der Waals surface area contributed by atoms with Crippen LogP contribution in [-0.2, 0) is 12.7 Å². The van der Waals surface area contributed by atoms with Gasteiger partial charge in [-0.15, -0.1) is 0 Å². The van der Waals surface area contributed by atoms with Crippen LogP contribution in [0.5, 0.6) is 5.88 Å². The summed E-state index contributed by atoms with van der Waals surface area (Å²) >= 11 is 1.22. The summed E-state index contributed by atoms with van der Waals surface area (Å²) in [6.45, 7) is 5.45. The van der Waals surface area contributed by atoms with E-state index in [1.54, 1.807) is 10.9 Å². The van der Waals surface area contributed by atoms with E-state index in [0.29, 0.717) is 17.4 Å². The lowest BCUT2D eigenvalue weighted by Crippen LogP contribution is -2.15. The van der Waals surface area contributed by atoms with Gasteiger partial charge >= 0.3 is 6.18 Å². The number of nitrogens with one attached hydrogen (secondary N) is 1. The maximum atomic E-state index is 12.5. The number of aryl methyl sites for hydroxylation is 1. The zero-order chi connectivity index (χ0) is 16.9. The highest BCUT2D eigenvalue weighted by Gasteiger charge is 2.29. The Balaban J connectivity index is 0.000000924. The average molecular weight is 345 g/mol. The minimum atomic E-state index is -4.31. The number of fused-ring (bicyclic) bond motifs is 1. The molecular formula is C15H18F3N3OS. The first kappa shape index (κ1) is 17.5. The number of nitrogens with zero attached hydrogens (tertiary/aromatic N) is 2. The second-order valence-electron chi connectivity index (χ2n) is 4.51. The van der Waals surface area contributed by atoms with Crippen LogP contribution < -0.4 is 9.46 Å². The number of halogens is 3. The molecule has 0 amide bonds. The van der Waals surface area contributed by atoms with E-state index in [2.05, 4.69) is 9.82 Å². The highest BCUT2D eigenvalue weighted by atomic mass is 32.2. The molecule has 3 rings (SSSR count). The molecule has 8 heteroatoms. The molecule has 0 aliphatic carbocycles. The Labute approximate surface area is 137 Å². The third-order valence-electron chi connectivity index (χ3n) is 3.00. The number of aromatic nitrogens is 2. The van der Waals surface area contributed by atoms with Crippen molar-refractivity contribution >= 4 is 17.6 Å². The Bertz CT molecular complexity index is 626. The maximum Gasteiger partial charge on any atom is 0.416 e. The van der Waals surface area contributed by atoms with E-state index >= 15 is 0 Å². The number of benzene rings is 1. The van der Waals surface area contributed by atoms with Crippen molar-refractivity contribution in [1.29, 1.82) is 0 Å². The predicted molar refractivity (Wildman–Crippen MR) is 84.6 cm³/mol. The van der Waals surface area contributed by atoms with Gasteiger partial charge in [-0.05, 0) is 36.2 Å². The number of alkyl halides is 3. The van der Waals surface area contributed by atoms with Crippen LogP contribution in [0.1, 0.15) is 25.8 Å². The Morgan fingerprint density at radius 2 is 1.91 bits per heavy atom. The molecule has 1 N–H and O–H groups in total. The molecule has 0 unspecified atom stereocenters. The fourth-order valence-electron chi connectivity index (χ4n) is 1.96. The Morgan fingerprint density at radius 3 is 2.57 bits per heavy atom. The van der Waals surface area contributed by atoms with Gasteiger partial charge in [0.25, 0.3) is 0 Å². The zero-order valence-corrected chi connectivity index (χ0v) is 13.7. The molecule has 23 heavy (non-hydrogen) atoms. The first-order chi connectivity index (χ1) is 11.0. The largest absolute Gasteiger partial charge is 0.476 e. The second kappa shape index (κ2) is 7.63. The first-order valence-electron chi connectivity index (χ1n) is 7.33. The second-order valence-corrected chi connectivity index (χ2v) is 5.39. The molecule has 0 atom stereocenters. The molecular weight excluding hydrogens is 327 g/mol. The summed E-state index contributed by atoms with van der Waals surface area (Å²) in [6.07, 6.45) is -1.74. The first-order valence-corrected chi connectivity index (χ1v) is 8.14. The summed E-state index contributed by atoms with van der Waals surface area (Å²) in [4.78, 5) is 0.679. The lowest BCUT2D eigenvalue weighted by Gasteiger charge is -2.16. The third-order valence-corrected chi connectivity index (χ3v) is 3.83. The Morgan fingerprint density at radius 1 is 1.22 bits per heavy atom. The van der Waals surface area contributed by atoms with Crippen LogP contribution in [0.15, 0.2) is 35.4 Å². The van der Waals surface area contributed by atoms with E-state index in [-0.39, 0.29) is 0 Å². The summed E-state index contributed by atoms with van der Waals surface area (Å²) in [5.74, 6) is 0.667. The fraction of sp³-hybridized carbons (Fsp3) is 0.400. The monoisotopic (exact) mass is 345 g/mol. The van der Waals surface area contributed by atoms with Crippen LogP contribution in [0.25, 0.3) is 0 Å². The van der Waals surface area contributed by atoms with Crippen molar-refractivity contribution < 1.29 is 17.9 Å². The Kier molecular flexibility index (Phi) is 5.81. The molecule has 4 nitrogen and oxygen atoms in total. The zero-order valence-electron chi connectivity index (χ0n) is 12.9. The minimum absolute atomic E-state index is 0.644. The number of hydrogen-bond acceptors (Lipinski definition) is 4. The van der Waals surface area contributed by atoms with E-state index in [1.807, 2.05) is 13.8 Å². The molecule has 1 aromatic carbocycles. The van der Waals surface area contributed by atoms with Gasteiger partial charge < -0.3 is 9.46 Å². The highest BCUT2D eigenvalue weighted by Crippen LogP contribution is 2.33. The van der Waals surface area contributed by atoms with Gasteiger partial charge in [-0.2, -0.15) is 18.3 Å². The third kappa shape index (κ3) is 4.34. The van der Waals surface area contributed by atoms with E-state index in [4.69, 9.17) is 4.74 Å². The number of hydrogen-bond donors (Lipinski definition) is 1. The molecule has 0 radical (unpaired) electrons. The normalized spacial score (nSPS) is 13.4. The molecule has 1 aromatic heterocycles. The quantitative estimate of drug-likeness (QED) is 0.809. The number of anilines is 1. The van der Waals surface area contributed by atoms with Gasteiger partial charge in [-0.1, -0.05) is 13.8 Å². The van der Waals surface area contributed by atoms with Gasteiger partial charge in [0.15, 0.2) is 0 Å². The van der Waals surface area contributed by atoms with Gasteiger partial charge in [-0.3, -0.25) is 0 Å².